The van der Waals surface area contributed by atoms with E-state index in [0.717, 1.165) is 23.0 Å². The van der Waals surface area contributed by atoms with E-state index in [-0.39, 0.29) is 10.8 Å². The van der Waals surface area contributed by atoms with Crippen molar-refractivity contribution in [3.8, 4) is 0 Å². The Hall–Kier alpha value is -1.86. The summed E-state index contributed by atoms with van der Waals surface area (Å²) in [6.45, 7) is 0.683. The van der Waals surface area contributed by atoms with E-state index >= 15 is 0 Å². The number of hydrogen-bond acceptors (Lipinski definition) is 3. The van der Waals surface area contributed by atoms with Crippen LogP contribution in [0.25, 0.3) is 0 Å². The number of carbonyl (C=O) groups excluding carboxylic acids is 1. The van der Waals surface area contributed by atoms with Gasteiger partial charge in [0.2, 0.25) is 5.91 Å². The molecule has 0 aromatic heterocycles. The molecule has 1 heterocycles. The van der Waals surface area contributed by atoms with Crippen molar-refractivity contribution < 1.29 is 13.2 Å². The molecule has 2 aromatic carbocycles. The first-order chi connectivity index (χ1) is 11.5. The number of hydrogen-bond donors (Lipinski definition) is 1. The van der Waals surface area contributed by atoms with Gasteiger partial charge in [-0.25, -0.2) is 8.42 Å². The lowest BCUT2D eigenvalue weighted by Crippen LogP contribution is -2.35. The van der Waals surface area contributed by atoms with Crippen LogP contribution in [0.2, 0.25) is 0 Å². The Balaban J connectivity index is 1.78. The summed E-state index contributed by atoms with van der Waals surface area (Å²) in [5, 5.41) is 0. The molecule has 0 radical (unpaired) electrons. The number of nitrogens with one attached hydrogen (secondary N) is 1. The van der Waals surface area contributed by atoms with Crippen LogP contribution in [0.3, 0.4) is 0 Å². The molecule has 1 amide bonds. The summed E-state index contributed by atoms with van der Waals surface area (Å²) in [7, 11) is -3.66. The number of anilines is 2. The molecule has 0 unspecified atom stereocenters. The van der Waals surface area contributed by atoms with Crippen molar-refractivity contribution in [1.82, 2.24) is 0 Å². The first kappa shape index (κ1) is 17.0. The molecule has 1 saturated heterocycles. The van der Waals surface area contributed by atoms with Gasteiger partial charge in [0.25, 0.3) is 10.0 Å². The highest BCUT2D eigenvalue weighted by Gasteiger charge is 2.20. The van der Waals surface area contributed by atoms with E-state index in [1.165, 1.54) is 12.1 Å². The third kappa shape index (κ3) is 3.79. The van der Waals surface area contributed by atoms with Crippen LogP contribution in [0.15, 0.2) is 57.9 Å². The summed E-state index contributed by atoms with van der Waals surface area (Å²) >= 11 is 3.31. The molecule has 0 saturated carbocycles. The summed E-state index contributed by atoms with van der Waals surface area (Å²) in [4.78, 5) is 13.8. The summed E-state index contributed by atoms with van der Waals surface area (Å²) in [6, 6.07) is 13.3. The number of nitrogens with zero attached hydrogens (tertiary/aromatic N) is 1. The van der Waals surface area contributed by atoms with E-state index in [0.29, 0.717) is 18.7 Å². The second-order valence-electron chi connectivity index (χ2n) is 5.61. The first-order valence-electron chi connectivity index (χ1n) is 7.64. The van der Waals surface area contributed by atoms with Crippen LogP contribution in [-0.2, 0) is 14.8 Å². The quantitative estimate of drug-likeness (QED) is 0.836. The standard InChI is InChI=1S/C17H17BrN2O3S/c18-13-4-6-14(7-5-13)19-24(22,23)16-10-8-15(9-11-16)20-12-2-1-3-17(20)21/h4-11,19H,1-3,12H2. The van der Waals surface area contributed by atoms with E-state index < -0.39 is 10.0 Å². The number of amides is 1. The van der Waals surface area contributed by atoms with Gasteiger partial charge in [-0.15, -0.1) is 0 Å². The third-order valence-electron chi connectivity index (χ3n) is 3.88. The SMILES string of the molecule is O=C1CCCCN1c1ccc(S(=O)(=O)Nc2ccc(Br)cc2)cc1. The molecule has 0 bridgehead atoms. The minimum absolute atomic E-state index is 0.0878. The fourth-order valence-corrected chi connectivity index (χ4v) is 3.94. The van der Waals surface area contributed by atoms with E-state index in [1.54, 1.807) is 41.3 Å². The second-order valence-corrected chi connectivity index (χ2v) is 8.21. The smallest absolute Gasteiger partial charge is 0.261 e. The van der Waals surface area contributed by atoms with Crippen molar-refractivity contribution in [1.29, 1.82) is 0 Å². The number of carbonyl (C=O) groups is 1. The van der Waals surface area contributed by atoms with E-state index in [2.05, 4.69) is 20.7 Å². The Morgan fingerprint density at radius 1 is 0.958 bits per heavy atom. The normalized spacial score (nSPS) is 15.4. The average Bonchev–Trinajstić information content (AvgIpc) is 2.57. The molecule has 1 aliphatic heterocycles. The summed E-state index contributed by atoms with van der Waals surface area (Å²) in [5.41, 5.74) is 1.23. The van der Waals surface area contributed by atoms with Crippen molar-refractivity contribution >= 4 is 43.2 Å². The Morgan fingerprint density at radius 2 is 1.62 bits per heavy atom. The molecule has 126 valence electrons. The predicted molar refractivity (Wildman–Crippen MR) is 97.6 cm³/mol. The molecule has 1 aliphatic rings. The lowest BCUT2D eigenvalue weighted by molar-refractivity contribution is -0.119. The Kier molecular flexibility index (Phi) is 4.91. The van der Waals surface area contributed by atoms with Gasteiger partial charge in [0, 0.05) is 28.8 Å². The molecule has 2 aromatic rings. The van der Waals surface area contributed by atoms with E-state index in [1.807, 2.05) is 0 Å². The Bertz CT molecular complexity index is 833. The van der Waals surface area contributed by atoms with Gasteiger partial charge < -0.3 is 4.90 Å². The van der Waals surface area contributed by atoms with E-state index in [4.69, 9.17) is 0 Å². The molecule has 0 aliphatic carbocycles. The van der Waals surface area contributed by atoms with E-state index in [9.17, 15) is 13.2 Å². The third-order valence-corrected chi connectivity index (χ3v) is 5.80. The summed E-state index contributed by atoms with van der Waals surface area (Å²) < 4.78 is 28.3. The van der Waals surface area contributed by atoms with Gasteiger partial charge in [0.15, 0.2) is 0 Å². The average molecular weight is 409 g/mol. The van der Waals surface area contributed by atoms with Gasteiger partial charge in [-0.3, -0.25) is 9.52 Å². The van der Waals surface area contributed by atoms with Gasteiger partial charge in [0.05, 0.1) is 4.90 Å². The second kappa shape index (κ2) is 6.94. The zero-order chi connectivity index (χ0) is 17.2. The van der Waals surface area contributed by atoms with Crippen LogP contribution in [-0.4, -0.2) is 20.9 Å². The predicted octanol–water partition coefficient (Wildman–Crippen LogP) is 3.77. The van der Waals surface area contributed by atoms with Crippen LogP contribution in [0.1, 0.15) is 19.3 Å². The van der Waals surface area contributed by atoms with Crippen molar-refractivity contribution in [2.75, 3.05) is 16.2 Å². The fourth-order valence-electron chi connectivity index (χ4n) is 2.62. The van der Waals surface area contributed by atoms with Crippen LogP contribution < -0.4 is 9.62 Å². The fraction of sp³-hybridized carbons (Fsp3) is 0.235. The maximum atomic E-state index is 12.4. The molecule has 3 rings (SSSR count). The minimum Gasteiger partial charge on any atom is -0.312 e. The Morgan fingerprint density at radius 3 is 2.25 bits per heavy atom. The zero-order valence-electron chi connectivity index (χ0n) is 12.9. The number of benzene rings is 2. The number of piperidine rings is 1. The highest BCUT2D eigenvalue weighted by Crippen LogP contribution is 2.24. The maximum absolute atomic E-state index is 12.4. The monoisotopic (exact) mass is 408 g/mol. The molecule has 0 atom stereocenters. The van der Waals surface area contributed by atoms with Gasteiger partial charge in [-0.05, 0) is 61.4 Å². The topological polar surface area (TPSA) is 66.5 Å². The summed E-state index contributed by atoms with van der Waals surface area (Å²) in [5.74, 6) is 0.0878. The molecular weight excluding hydrogens is 392 g/mol. The number of rotatable bonds is 4. The molecule has 5 nitrogen and oxygen atoms in total. The molecular formula is C17H17BrN2O3S. The van der Waals surface area contributed by atoms with Crippen LogP contribution >= 0.6 is 15.9 Å². The van der Waals surface area contributed by atoms with Gasteiger partial charge in [0.1, 0.15) is 0 Å². The number of sulfonamides is 1. The van der Waals surface area contributed by atoms with Crippen molar-refractivity contribution in [3.05, 3.63) is 53.0 Å². The van der Waals surface area contributed by atoms with Gasteiger partial charge in [-0.2, -0.15) is 0 Å². The molecule has 1 fully saturated rings. The summed E-state index contributed by atoms with van der Waals surface area (Å²) in [6.07, 6.45) is 2.43. The largest absolute Gasteiger partial charge is 0.312 e. The van der Waals surface area contributed by atoms with Crippen molar-refractivity contribution in [3.63, 3.8) is 0 Å². The van der Waals surface area contributed by atoms with Gasteiger partial charge in [-0.1, -0.05) is 15.9 Å². The van der Waals surface area contributed by atoms with Crippen molar-refractivity contribution in [2.24, 2.45) is 0 Å². The Labute approximate surface area is 149 Å². The van der Waals surface area contributed by atoms with Crippen LogP contribution in [0.5, 0.6) is 0 Å². The molecule has 1 N–H and O–H groups in total. The van der Waals surface area contributed by atoms with Crippen LogP contribution in [0, 0.1) is 0 Å². The lowest BCUT2D eigenvalue weighted by Gasteiger charge is -2.26. The molecule has 24 heavy (non-hydrogen) atoms. The van der Waals surface area contributed by atoms with Crippen LogP contribution in [0.4, 0.5) is 11.4 Å². The minimum atomic E-state index is -3.66. The first-order valence-corrected chi connectivity index (χ1v) is 9.92. The molecule has 0 spiro atoms. The highest BCUT2D eigenvalue weighted by molar-refractivity contribution is 9.10. The molecule has 7 heteroatoms. The maximum Gasteiger partial charge on any atom is 0.261 e. The highest BCUT2D eigenvalue weighted by atomic mass is 79.9. The zero-order valence-corrected chi connectivity index (χ0v) is 15.3. The number of halogens is 1. The van der Waals surface area contributed by atoms with Gasteiger partial charge >= 0.3 is 0 Å². The van der Waals surface area contributed by atoms with Crippen molar-refractivity contribution in [2.45, 2.75) is 24.2 Å². The lowest BCUT2D eigenvalue weighted by atomic mass is 10.1.